The third-order valence-electron chi connectivity index (χ3n) is 3.40. The van der Waals surface area contributed by atoms with Crippen molar-refractivity contribution in [3.8, 4) is 0 Å². The van der Waals surface area contributed by atoms with Gasteiger partial charge in [0, 0.05) is 10.7 Å². The lowest BCUT2D eigenvalue weighted by Crippen LogP contribution is -2.39. The predicted molar refractivity (Wildman–Crippen MR) is 104 cm³/mol. The lowest BCUT2D eigenvalue weighted by molar-refractivity contribution is -0.119. The zero-order chi connectivity index (χ0) is 19.3. The molecule has 0 spiro atoms. The van der Waals surface area contributed by atoms with E-state index in [1.54, 1.807) is 44.2 Å². The number of hydrazone groups is 1. The first kappa shape index (κ1) is 19.9. The van der Waals surface area contributed by atoms with Crippen molar-refractivity contribution in [3.05, 3.63) is 59.1 Å². The van der Waals surface area contributed by atoms with Crippen LogP contribution < -0.4 is 9.73 Å². The van der Waals surface area contributed by atoms with Crippen molar-refractivity contribution >= 4 is 38.9 Å². The largest absolute Gasteiger partial charge is 0.271 e. The summed E-state index contributed by atoms with van der Waals surface area (Å²) >= 11 is 6.00. The van der Waals surface area contributed by atoms with Gasteiger partial charge < -0.3 is 0 Å². The number of aryl methyl sites for hydroxylation is 1. The normalized spacial score (nSPS) is 10.9. The Morgan fingerprint density at radius 1 is 1.15 bits per heavy atom. The molecule has 0 aliphatic rings. The fourth-order valence-corrected chi connectivity index (χ4v) is 3.72. The van der Waals surface area contributed by atoms with Gasteiger partial charge in [-0.05, 0) is 51.1 Å². The van der Waals surface area contributed by atoms with Gasteiger partial charge in [-0.3, -0.25) is 9.10 Å². The van der Waals surface area contributed by atoms with Crippen LogP contribution in [0.25, 0.3) is 0 Å². The van der Waals surface area contributed by atoms with Gasteiger partial charge in [-0.15, -0.1) is 0 Å². The number of nitrogens with one attached hydrogen (secondary N) is 1. The summed E-state index contributed by atoms with van der Waals surface area (Å²) in [4.78, 5) is 12.3. The second kappa shape index (κ2) is 8.33. The molecule has 0 atom stereocenters. The van der Waals surface area contributed by atoms with Gasteiger partial charge in [-0.1, -0.05) is 35.4 Å². The van der Waals surface area contributed by atoms with Crippen LogP contribution in [0.15, 0.2) is 58.5 Å². The summed E-state index contributed by atoms with van der Waals surface area (Å²) < 4.78 is 27.2. The number of hydrogen-bond acceptors (Lipinski definition) is 4. The second-order valence-corrected chi connectivity index (χ2v) is 8.20. The van der Waals surface area contributed by atoms with Gasteiger partial charge in [0.15, 0.2) is 0 Å². The molecule has 0 bridgehead atoms. The number of amides is 1. The fourth-order valence-electron chi connectivity index (χ4n) is 2.12. The van der Waals surface area contributed by atoms with Gasteiger partial charge in [0.2, 0.25) is 0 Å². The van der Waals surface area contributed by atoms with Crippen LogP contribution in [0.2, 0.25) is 5.02 Å². The van der Waals surface area contributed by atoms with Crippen molar-refractivity contribution in [1.29, 1.82) is 0 Å². The fraction of sp³-hybridized carbons (Fsp3) is 0.222. The van der Waals surface area contributed by atoms with E-state index < -0.39 is 22.5 Å². The molecule has 0 heterocycles. The topological polar surface area (TPSA) is 78.8 Å². The van der Waals surface area contributed by atoms with E-state index in [2.05, 4.69) is 10.5 Å². The van der Waals surface area contributed by atoms with E-state index in [0.717, 1.165) is 9.87 Å². The molecular formula is C18H20ClN3O3S. The van der Waals surface area contributed by atoms with Gasteiger partial charge in [0.25, 0.3) is 15.9 Å². The van der Waals surface area contributed by atoms with Gasteiger partial charge in [0.05, 0.1) is 10.6 Å². The first-order valence-electron chi connectivity index (χ1n) is 7.85. The van der Waals surface area contributed by atoms with E-state index >= 15 is 0 Å². The molecular weight excluding hydrogens is 374 g/mol. The number of halogens is 1. The van der Waals surface area contributed by atoms with E-state index in [9.17, 15) is 13.2 Å². The van der Waals surface area contributed by atoms with Gasteiger partial charge in [-0.25, -0.2) is 13.8 Å². The maximum absolute atomic E-state index is 13.1. The molecule has 2 aromatic rings. The molecule has 0 aromatic heterocycles. The molecule has 26 heavy (non-hydrogen) atoms. The minimum Gasteiger partial charge on any atom is -0.271 e. The van der Waals surface area contributed by atoms with E-state index in [1.165, 1.54) is 18.2 Å². The lowest BCUT2D eigenvalue weighted by Gasteiger charge is -2.24. The summed E-state index contributed by atoms with van der Waals surface area (Å²) in [6.45, 7) is 4.88. The highest BCUT2D eigenvalue weighted by atomic mass is 35.5. The Kier molecular flexibility index (Phi) is 6.39. The predicted octanol–water partition coefficient (Wildman–Crippen LogP) is 3.36. The maximum atomic E-state index is 13.1. The quantitative estimate of drug-likeness (QED) is 0.603. The molecule has 0 unspecified atom stereocenters. The van der Waals surface area contributed by atoms with Crippen LogP contribution in [0, 0.1) is 6.92 Å². The number of sulfonamides is 1. The Bertz CT molecular complexity index is 921. The lowest BCUT2D eigenvalue weighted by atomic mass is 10.2. The molecule has 1 N–H and O–H groups in total. The molecule has 0 aliphatic carbocycles. The second-order valence-electron chi connectivity index (χ2n) is 5.90. The number of nitrogens with zero attached hydrogens (tertiary/aromatic N) is 2. The third-order valence-corrected chi connectivity index (χ3v) is 5.42. The molecule has 8 heteroatoms. The first-order chi connectivity index (χ1) is 12.2. The van der Waals surface area contributed by atoms with Crippen LogP contribution in [-0.2, 0) is 14.8 Å². The van der Waals surface area contributed by atoms with Crippen molar-refractivity contribution < 1.29 is 13.2 Å². The SMILES string of the molecule is CC(C)=NNC(=O)CN(c1cccc(Cl)c1)S(=O)(=O)c1ccc(C)cc1. The molecule has 138 valence electrons. The highest BCUT2D eigenvalue weighted by Crippen LogP contribution is 2.26. The summed E-state index contributed by atoms with van der Waals surface area (Å²) in [5.74, 6) is -0.554. The molecule has 0 aliphatic heterocycles. The Hall–Kier alpha value is -2.38. The van der Waals surface area contributed by atoms with Crippen molar-refractivity contribution in [2.24, 2.45) is 5.10 Å². The number of benzene rings is 2. The van der Waals surface area contributed by atoms with Crippen LogP contribution >= 0.6 is 11.6 Å². The van der Waals surface area contributed by atoms with Crippen molar-refractivity contribution in [3.63, 3.8) is 0 Å². The minimum atomic E-state index is -3.96. The Morgan fingerprint density at radius 3 is 2.38 bits per heavy atom. The zero-order valence-electron chi connectivity index (χ0n) is 14.7. The summed E-state index contributed by atoms with van der Waals surface area (Å²) in [6.07, 6.45) is 0. The molecule has 0 fully saturated rings. The van der Waals surface area contributed by atoms with Crippen LogP contribution in [0.4, 0.5) is 5.69 Å². The van der Waals surface area contributed by atoms with Crippen molar-refractivity contribution in [2.75, 3.05) is 10.8 Å². The Balaban J connectivity index is 2.44. The first-order valence-corrected chi connectivity index (χ1v) is 9.66. The monoisotopic (exact) mass is 393 g/mol. The van der Waals surface area contributed by atoms with Crippen LogP contribution in [0.5, 0.6) is 0 Å². The Morgan fingerprint density at radius 2 is 1.81 bits per heavy atom. The van der Waals surface area contributed by atoms with E-state index in [1.807, 2.05) is 6.92 Å². The van der Waals surface area contributed by atoms with Gasteiger partial charge >= 0.3 is 0 Å². The van der Waals surface area contributed by atoms with Crippen LogP contribution in [-0.4, -0.2) is 26.6 Å². The highest BCUT2D eigenvalue weighted by Gasteiger charge is 2.27. The summed E-state index contributed by atoms with van der Waals surface area (Å²) in [6, 6.07) is 12.8. The summed E-state index contributed by atoms with van der Waals surface area (Å²) in [5, 5.41) is 4.19. The molecule has 2 rings (SSSR count). The molecule has 6 nitrogen and oxygen atoms in total. The smallest absolute Gasteiger partial charge is 0.264 e. The van der Waals surface area contributed by atoms with E-state index in [-0.39, 0.29) is 4.90 Å². The average molecular weight is 394 g/mol. The number of carbonyl (C=O) groups excluding carboxylic acids is 1. The summed E-state index contributed by atoms with van der Waals surface area (Å²) in [7, 11) is -3.96. The average Bonchev–Trinajstić information content (AvgIpc) is 2.58. The Labute approximate surface area is 158 Å². The number of hydrogen-bond donors (Lipinski definition) is 1. The molecule has 0 radical (unpaired) electrons. The van der Waals surface area contributed by atoms with Crippen LogP contribution in [0.1, 0.15) is 19.4 Å². The number of carbonyl (C=O) groups is 1. The molecule has 1 amide bonds. The molecule has 0 saturated heterocycles. The zero-order valence-corrected chi connectivity index (χ0v) is 16.3. The molecule has 2 aromatic carbocycles. The number of anilines is 1. The number of rotatable bonds is 6. The van der Waals surface area contributed by atoms with Crippen molar-refractivity contribution in [1.82, 2.24) is 5.43 Å². The van der Waals surface area contributed by atoms with Gasteiger partial charge in [0.1, 0.15) is 6.54 Å². The third kappa shape index (κ3) is 5.06. The highest BCUT2D eigenvalue weighted by molar-refractivity contribution is 7.92. The van der Waals surface area contributed by atoms with E-state index in [4.69, 9.17) is 11.6 Å². The summed E-state index contributed by atoms with van der Waals surface area (Å²) in [5.41, 5.74) is 4.22. The van der Waals surface area contributed by atoms with Gasteiger partial charge in [-0.2, -0.15) is 5.10 Å². The maximum Gasteiger partial charge on any atom is 0.264 e. The van der Waals surface area contributed by atoms with Crippen LogP contribution in [0.3, 0.4) is 0 Å². The standard InChI is InChI=1S/C18H20ClN3O3S/c1-13(2)20-21-18(23)12-22(16-6-4-5-15(19)11-16)26(24,25)17-9-7-14(3)8-10-17/h4-11H,12H2,1-3H3,(H,21,23). The molecule has 0 saturated carbocycles. The minimum absolute atomic E-state index is 0.0889. The van der Waals surface area contributed by atoms with E-state index in [0.29, 0.717) is 16.4 Å². The van der Waals surface area contributed by atoms with Crippen molar-refractivity contribution in [2.45, 2.75) is 25.7 Å².